The molecule has 92 valence electrons. The van der Waals surface area contributed by atoms with Gasteiger partial charge in [0.05, 0.1) is 6.61 Å². The van der Waals surface area contributed by atoms with E-state index in [-0.39, 0.29) is 0 Å². The van der Waals surface area contributed by atoms with E-state index in [0.717, 1.165) is 57.0 Å². The molecule has 0 saturated carbocycles. The van der Waals surface area contributed by atoms with Crippen LogP contribution in [0.15, 0.2) is 0 Å². The van der Waals surface area contributed by atoms with Crippen LogP contribution in [0.4, 0.5) is 5.82 Å². The van der Waals surface area contributed by atoms with Crippen LogP contribution >= 0.6 is 0 Å². The SMILES string of the molecule is NNc1nc(C2CCCOC2)nc2c1CCC2. The highest BCUT2D eigenvalue weighted by Gasteiger charge is 2.24. The number of rotatable bonds is 2. The zero-order chi connectivity index (χ0) is 11.7. The summed E-state index contributed by atoms with van der Waals surface area (Å²) < 4.78 is 5.50. The number of fused-ring (bicyclic) bond motifs is 1. The van der Waals surface area contributed by atoms with Crippen molar-refractivity contribution in [1.29, 1.82) is 0 Å². The highest BCUT2D eigenvalue weighted by Crippen LogP contribution is 2.30. The number of ether oxygens (including phenoxy) is 1. The summed E-state index contributed by atoms with van der Waals surface area (Å²) in [5.74, 6) is 7.60. The number of hydrogen-bond donors (Lipinski definition) is 2. The Morgan fingerprint density at radius 2 is 2.18 bits per heavy atom. The van der Waals surface area contributed by atoms with Gasteiger partial charge in [-0.05, 0) is 32.1 Å². The van der Waals surface area contributed by atoms with Crippen molar-refractivity contribution in [1.82, 2.24) is 9.97 Å². The van der Waals surface area contributed by atoms with Gasteiger partial charge in [0.2, 0.25) is 0 Å². The molecular formula is C12H18N4O. The maximum Gasteiger partial charge on any atom is 0.147 e. The predicted octanol–water partition coefficient (Wildman–Crippen LogP) is 1.14. The quantitative estimate of drug-likeness (QED) is 0.593. The van der Waals surface area contributed by atoms with E-state index < -0.39 is 0 Å². The van der Waals surface area contributed by atoms with Crippen LogP contribution in [-0.2, 0) is 17.6 Å². The third kappa shape index (κ3) is 2.00. The van der Waals surface area contributed by atoms with Crippen molar-refractivity contribution < 1.29 is 4.74 Å². The molecule has 17 heavy (non-hydrogen) atoms. The molecule has 3 N–H and O–H groups in total. The Hall–Kier alpha value is -1.20. The number of hydrazine groups is 1. The molecule has 1 aliphatic carbocycles. The van der Waals surface area contributed by atoms with Crippen LogP contribution in [-0.4, -0.2) is 23.2 Å². The third-order valence-corrected chi connectivity index (χ3v) is 3.61. The normalized spacial score (nSPS) is 23.5. The Bertz CT molecular complexity index is 415. The lowest BCUT2D eigenvalue weighted by Gasteiger charge is -2.22. The molecule has 1 aliphatic heterocycles. The molecule has 1 unspecified atom stereocenters. The summed E-state index contributed by atoms with van der Waals surface area (Å²) in [6, 6.07) is 0. The second kappa shape index (κ2) is 4.58. The van der Waals surface area contributed by atoms with Crippen molar-refractivity contribution in [3.05, 3.63) is 17.1 Å². The summed E-state index contributed by atoms with van der Waals surface area (Å²) >= 11 is 0. The Labute approximate surface area is 101 Å². The number of aryl methyl sites for hydroxylation is 1. The highest BCUT2D eigenvalue weighted by molar-refractivity contribution is 5.48. The molecule has 0 amide bonds. The van der Waals surface area contributed by atoms with Crippen molar-refractivity contribution in [2.45, 2.75) is 38.0 Å². The summed E-state index contributed by atoms with van der Waals surface area (Å²) in [5.41, 5.74) is 5.09. The zero-order valence-electron chi connectivity index (χ0n) is 9.91. The lowest BCUT2D eigenvalue weighted by molar-refractivity contribution is 0.0780. The molecular weight excluding hydrogens is 216 g/mol. The van der Waals surface area contributed by atoms with Gasteiger partial charge in [0.15, 0.2) is 0 Å². The molecule has 2 aliphatic rings. The second-order valence-electron chi connectivity index (χ2n) is 4.77. The minimum atomic E-state index is 0.335. The van der Waals surface area contributed by atoms with Gasteiger partial charge in [-0.25, -0.2) is 15.8 Å². The van der Waals surface area contributed by atoms with Crippen molar-refractivity contribution in [2.75, 3.05) is 18.6 Å². The maximum absolute atomic E-state index is 5.55. The number of hydrogen-bond acceptors (Lipinski definition) is 5. The van der Waals surface area contributed by atoms with Gasteiger partial charge >= 0.3 is 0 Å². The maximum atomic E-state index is 5.55. The number of aromatic nitrogens is 2. The number of nitrogens with two attached hydrogens (primary N) is 1. The van der Waals surface area contributed by atoms with Gasteiger partial charge in [-0.1, -0.05) is 0 Å². The third-order valence-electron chi connectivity index (χ3n) is 3.61. The number of nitrogen functional groups attached to an aromatic ring is 1. The van der Waals surface area contributed by atoms with Crippen molar-refractivity contribution in [2.24, 2.45) is 5.84 Å². The van der Waals surface area contributed by atoms with Gasteiger partial charge in [-0.15, -0.1) is 0 Å². The smallest absolute Gasteiger partial charge is 0.147 e. The topological polar surface area (TPSA) is 73.1 Å². The van der Waals surface area contributed by atoms with E-state index in [1.165, 1.54) is 11.3 Å². The molecule has 0 bridgehead atoms. The van der Waals surface area contributed by atoms with Crippen LogP contribution in [0.3, 0.4) is 0 Å². The van der Waals surface area contributed by atoms with Crippen LogP contribution < -0.4 is 11.3 Å². The molecule has 1 aromatic rings. The molecule has 3 rings (SSSR count). The van der Waals surface area contributed by atoms with E-state index in [2.05, 4.69) is 10.4 Å². The first-order chi connectivity index (χ1) is 8.38. The van der Waals surface area contributed by atoms with Crippen LogP contribution in [0.2, 0.25) is 0 Å². The van der Waals surface area contributed by atoms with E-state index in [1.54, 1.807) is 0 Å². The van der Waals surface area contributed by atoms with E-state index in [4.69, 9.17) is 15.6 Å². The van der Waals surface area contributed by atoms with Crippen molar-refractivity contribution in [3.63, 3.8) is 0 Å². The Kier molecular flexibility index (Phi) is 2.94. The molecule has 5 nitrogen and oxygen atoms in total. The van der Waals surface area contributed by atoms with Gasteiger partial charge in [0.1, 0.15) is 11.6 Å². The van der Waals surface area contributed by atoms with E-state index in [9.17, 15) is 0 Å². The van der Waals surface area contributed by atoms with Crippen LogP contribution in [0, 0.1) is 0 Å². The molecule has 1 atom stereocenters. The average molecular weight is 234 g/mol. The molecule has 0 aromatic carbocycles. The van der Waals surface area contributed by atoms with E-state index in [1.807, 2.05) is 0 Å². The summed E-state index contributed by atoms with van der Waals surface area (Å²) in [6.07, 6.45) is 5.45. The fraction of sp³-hybridized carbons (Fsp3) is 0.667. The van der Waals surface area contributed by atoms with Gasteiger partial charge in [0.25, 0.3) is 0 Å². The second-order valence-corrected chi connectivity index (χ2v) is 4.77. The summed E-state index contributed by atoms with van der Waals surface area (Å²) in [5, 5.41) is 0. The van der Waals surface area contributed by atoms with Gasteiger partial charge in [-0.2, -0.15) is 0 Å². The number of nitrogens with zero attached hydrogens (tertiary/aromatic N) is 2. The molecule has 5 heteroatoms. The van der Waals surface area contributed by atoms with Crippen molar-refractivity contribution in [3.8, 4) is 0 Å². The Morgan fingerprint density at radius 3 is 2.94 bits per heavy atom. The number of nitrogens with one attached hydrogen (secondary N) is 1. The minimum absolute atomic E-state index is 0.335. The summed E-state index contributed by atoms with van der Waals surface area (Å²) in [7, 11) is 0. The molecule has 2 heterocycles. The first kappa shape index (κ1) is 10.9. The number of anilines is 1. The molecule has 0 spiro atoms. The fourth-order valence-electron chi connectivity index (χ4n) is 2.70. The van der Waals surface area contributed by atoms with Gasteiger partial charge < -0.3 is 10.2 Å². The van der Waals surface area contributed by atoms with Gasteiger partial charge in [-0.3, -0.25) is 0 Å². The molecule has 1 aromatic heterocycles. The molecule has 1 fully saturated rings. The highest BCUT2D eigenvalue weighted by atomic mass is 16.5. The first-order valence-corrected chi connectivity index (χ1v) is 6.32. The fourth-order valence-corrected chi connectivity index (χ4v) is 2.70. The largest absolute Gasteiger partial charge is 0.381 e. The first-order valence-electron chi connectivity index (χ1n) is 6.32. The monoisotopic (exact) mass is 234 g/mol. The lowest BCUT2D eigenvalue weighted by Crippen LogP contribution is -2.20. The van der Waals surface area contributed by atoms with Crippen LogP contribution in [0.5, 0.6) is 0 Å². The van der Waals surface area contributed by atoms with Gasteiger partial charge in [0, 0.05) is 23.8 Å². The Morgan fingerprint density at radius 1 is 1.24 bits per heavy atom. The Balaban J connectivity index is 1.94. The molecule has 1 saturated heterocycles. The van der Waals surface area contributed by atoms with Crippen LogP contribution in [0.1, 0.15) is 42.3 Å². The standard InChI is InChI=1S/C12H18N4O/c13-16-12-9-4-1-5-10(9)14-11(15-12)8-3-2-6-17-7-8/h8H,1-7,13H2,(H,14,15,16). The van der Waals surface area contributed by atoms with E-state index in [0.29, 0.717) is 5.92 Å². The molecule has 0 radical (unpaired) electrons. The lowest BCUT2D eigenvalue weighted by atomic mass is 10.0. The average Bonchev–Trinajstić information content (AvgIpc) is 2.86. The minimum Gasteiger partial charge on any atom is -0.381 e. The predicted molar refractivity (Wildman–Crippen MR) is 64.7 cm³/mol. The zero-order valence-corrected chi connectivity index (χ0v) is 9.91. The summed E-state index contributed by atoms with van der Waals surface area (Å²) in [6.45, 7) is 1.60. The summed E-state index contributed by atoms with van der Waals surface area (Å²) in [4.78, 5) is 9.26. The van der Waals surface area contributed by atoms with Crippen LogP contribution in [0.25, 0.3) is 0 Å². The van der Waals surface area contributed by atoms with E-state index >= 15 is 0 Å². The van der Waals surface area contributed by atoms with Crippen molar-refractivity contribution >= 4 is 5.82 Å².